The highest BCUT2D eigenvalue weighted by molar-refractivity contribution is 7.99. The molecular formula is C17H15N3O4S. The van der Waals surface area contributed by atoms with Crippen LogP contribution in [-0.2, 0) is 4.74 Å². The number of hydrogen-bond acceptors (Lipinski definition) is 7. The Balaban J connectivity index is 2.72. The average Bonchev–Trinajstić information content (AvgIpc) is 2.62. The van der Waals surface area contributed by atoms with Gasteiger partial charge in [-0.3, -0.25) is 4.79 Å². The minimum absolute atomic E-state index is 0.0842. The van der Waals surface area contributed by atoms with Crippen LogP contribution in [0.15, 0.2) is 28.0 Å². The van der Waals surface area contributed by atoms with Crippen LogP contribution >= 0.6 is 11.8 Å². The fourth-order valence-corrected chi connectivity index (χ4v) is 3.03. The Morgan fingerprint density at radius 2 is 2.00 bits per heavy atom. The van der Waals surface area contributed by atoms with Crippen LogP contribution in [-0.4, -0.2) is 29.7 Å². The number of aromatic hydroxyl groups is 1. The summed E-state index contributed by atoms with van der Waals surface area (Å²) in [6.07, 6.45) is 0. The second kappa shape index (κ2) is 8.25. The molecule has 1 heterocycles. The normalized spacial score (nSPS) is 10.1. The van der Waals surface area contributed by atoms with Gasteiger partial charge in [0.1, 0.15) is 17.7 Å². The molecule has 0 bridgehead atoms. The molecule has 128 valence electrons. The molecule has 0 spiro atoms. The monoisotopic (exact) mass is 357 g/mol. The van der Waals surface area contributed by atoms with Crippen molar-refractivity contribution in [2.45, 2.75) is 11.9 Å². The van der Waals surface area contributed by atoms with Crippen molar-refractivity contribution in [3.63, 3.8) is 0 Å². The summed E-state index contributed by atoms with van der Waals surface area (Å²) in [4.78, 5) is 14.8. The van der Waals surface area contributed by atoms with Gasteiger partial charge in [0.25, 0.3) is 5.56 Å². The molecule has 0 fully saturated rings. The number of thioether (sulfide) groups is 1. The molecule has 0 atom stereocenters. The number of methoxy groups -OCH3 is 1. The topological polar surface area (TPSA) is 119 Å². The highest BCUT2D eigenvalue weighted by Gasteiger charge is 2.20. The van der Waals surface area contributed by atoms with Gasteiger partial charge in [-0.25, -0.2) is 0 Å². The van der Waals surface area contributed by atoms with Crippen LogP contribution in [0, 0.1) is 22.7 Å². The molecule has 1 aromatic heterocycles. The number of pyridine rings is 1. The van der Waals surface area contributed by atoms with E-state index in [0.717, 1.165) is 11.8 Å². The second-order valence-corrected chi connectivity index (χ2v) is 5.71. The van der Waals surface area contributed by atoms with Gasteiger partial charge in [-0.2, -0.15) is 10.5 Å². The first-order chi connectivity index (χ1) is 12.1. The molecule has 0 aliphatic rings. The predicted octanol–water partition coefficient (Wildman–Crippen LogP) is 2.59. The van der Waals surface area contributed by atoms with Crippen molar-refractivity contribution in [3.8, 4) is 34.8 Å². The van der Waals surface area contributed by atoms with E-state index in [2.05, 4.69) is 4.98 Å². The summed E-state index contributed by atoms with van der Waals surface area (Å²) in [7, 11) is 1.39. The van der Waals surface area contributed by atoms with E-state index < -0.39 is 5.56 Å². The molecule has 0 radical (unpaired) electrons. The third-order valence-corrected chi connectivity index (χ3v) is 4.24. The summed E-state index contributed by atoms with van der Waals surface area (Å²) < 4.78 is 10.3. The van der Waals surface area contributed by atoms with Gasteiger partial charge in [0.2, 0.25) is 0 Å². The van der Waals surface area contributed by atoms with Crippen molar-refractivity contribution in [2.24, 2.45) is 0 Å². The zero-order chi connectivity index (χ0) is 18.4. The average molecular weight is 357 g/mol. The minimum Gasteiger partial charge on any atom is -0.504 e. The molecule has 2 rings (SSSR count). The first kappa shape index (κ1) is 18.4. The fraction of sp³-hybridized carbons (Fsp3) is 0.235. The zero-order valence-electron chi connectivity index (χ0n) is 13.6. The van der Waals surface area contributed by atoms with E-state index in [0.29, 0.717) is 17.2 Å². The molecule has 0 saturated carbocycles. The number of nitrogens with zero attached hydrogens (tertiary/aromatic N) is 2. The number of H-pyrrole nitrogens is 1. The molecule has 0 saturated heterocycles. The Bertz CT molecular complexity index is 925. The number of nitriles is 2. The fourth-order valence-electron chi connectivity index (χ4n) is 2.21. The summed E-state index contributed by atoms with van der Waals surface area (Å²) in [5.41, 5.74) is 0.0133. The van der Waals surface area contributed by atoms with E-state index in [1.165, 1.54) is 25.3 Å². The highest BCUT2D eigenvalue weighted by atomic mass is 32.2. The summed E-state index contributed by atoms with van der Waals surface area (Å²) >= 11 is 1.16. The van der Waals surface area contributed by atoms with Crippen LogP contribution in [0.5, 0.6) is 11.5 Å². The van der Waals surface area contributed by atoms with Crippen LogP contribution in [0.25, 0.3) is 11.1 Å². The van der Waals surface area contributed by atoms with E-state index in [4.69, 9.17) is 9.47 Å². The molecule has 8 heteroatoms. The van der Waals surface area contributed by atoms with Crippen LogP contribution in [0.3, 0.4) is 0 Å². The van der Waals surface area contributed by atoms with Gasteiger partial charge in [-0.15, -0.1) is 0 Å². The molecule has 7 nitrogen and oxygen atoms in total. The summed E-state index contributed by atoms with van der Waals surface area (Å²) in [5, 5.41) is 29.0. The van der Waals surface area contributed by atoms with E-state index in [9.17, 15) is 20.4 Å². The van der Waals surface area contributed by atoms with Gasteiger partial charge in [-0.1, -0.05) is 17.8 Å². The van der Waals surface area contributed by atoms with Crippen LogP contribution in [0.1, 0.15) is 18.1 Å². The predicted molar refractivity (Wildman–Crippen MR) is 92.5 cm³/mol. The van der Waals surface area contributed by atoms with Crippen molar-refractivity contribution < 1.29 is 14.6 Å². The zero-order valence-corrected chi connectivity index (χ0v) is 14.4. The molecule has 0 aliphatic heterocycles. The van der Waals surface area contributed by atoms with Gasteiger partial charge in [0.15, 0.2) is 11.5 Å². The Labute approximate surface area is 148 Å². The van der Waals surface area contributed by atoms with Crippen molar-refractivity contribution in [1.82, 2.24) is 4.98 Å². The van der Waals surface area contributed by atoms with Gasteiger partial charge < -0.3 is 19.6 Å². The number of nitrogens with one attached hydrogen (secondary N) is 1. The van der Waals surface area contributed by atoms with Crippen molar-refractivity contribution >= 4 is 11.8 Å². The Morgan fingerprint density at radius 3 is 2.60 bits per heavy atom. The van der Waals surface area contributed by atoms with E-state index in [1.807, 2.05) is 19.1 Å². The molecule has 1 aromatic carbocycles. The summed E-state index contributed by atoms with van der Waals surface area (Å²) in [6.45, 7) is 2.33. The molecule has 2 N–H and O–H groups in total. The maximum absolute atomic E-state index is 12.3. The van der Waals surface area contributed by atoms with Crippen molar-refractivity contribution in [2.75, 3.05) is 19.7 Å². The third kappa shape index (κ3) is 3.77. The molecule has 0 unspecified atom stereocenters. The third-order valence-electron chi connectivity index (χ3n) is 3.36. The number of rotatable bonds is 6. The Hall–Kier alpha value is -2.94. The Kier molecular flexibility index (Phi) is 6.07. The highest BCUT2D eigenvalue weighted by Crippen LogP contribution is 2.36. The number of phenols is 1. The molecule has 25 heavy (non-hydrogen) atoms. The maximum atomic E-state index is 12.3. The first-order valence-electron chi connectivity index (χ1n) is 7.25. The number of hydrogen-bond donors (Lipinski definition) is 2. The number of phenolic OH excluding ortho intramolecular Hbond substituents is 1. The van der Waals surface area contributed by atoms with Crippen molar-refractivity contribution in [3.05, 3.63) is 39.7 Å². The van der Waals surface area contributed by atoms with E-state index >= 15 is 0 Å². The number of aromatic nitrogens is 1. The second-order valence-electron chi connectivity index (χ2n) is 4.77. The SMILES string of the molecule is CCOCSc1[nH]c(=O)c(C#N)c(-c2ccc(O)c(OC)c2)c1C#N. The largest absolute Gasteiger partial charge is 0.504 e. The lowest BCUT2D eigenvalue weighted by molar-refractivity contribution is 0.199. The Morgan fingerprint density at radius 1 is 1.28 bits per heavy atom. The van der Waals surface area contributed by atoms with Crippen molar-refractivity contribution in [1.29, 1.82) is 10.5 Å². The van der Waals surface area contributed by atoms with Crippen LogP contribution < -0.4 is 10.3 Å². The standard InChI is InChI=1S/C17H15N3O4S/c1-3-24-9-25-17-12(8-19)15(11(7-18)16(22)20-17)10-4-5-13(21)14(6-10)23-2/h4-6,21H,3,9H2,1-2H3,(H,20,22). The first-order valence-corrected chi connectivity index (χ1v) is 8.24. The van der Waals surface area contributed by atoms with Crippen LogP contribution in [0.2, 0.25) is 0 Å². The van der Waals surface area contributed by atoms with E-state index in [-0.39, 0.29) is 34.1 Å². The van der Waals surface area contributed by atoms with Gasteiger partial charge in [0, 0.05) is 12.2 Å². The van der Waals surface area contributed by atoms with Gasteiger partial charge >= 0.3 is 0 Å². The smallest absolute Gasteiger partial charge is 0.267 e. The minimum atomic E-state index is -0.595. The number of benzene rings is 1. The number of ether oxygens (including phenoxy) is 2. The molecule has 0 amide bonds. The summed E-state index contributed by atoms with van der Waals surface area (Å²) in [6, 6.07) is 8.26. The van der Waals surface area contributed by atoms with Gasteiger partial charge in [0.05, 0.1) is 23.6 Å². The lowest BCUT2D eigenvalue weighted by atomic mass is 9.97. The molecular weight excluding hydrogens is 342 g/mol. The molecule has 2 aromatic rings. The lowest BCUT2D eigenvalue weighted by Gasteiger charge is -2.12. The number of aromatic amines is 1. The maximum Gasteiger partial charge on any atom is 0.267 e. The van der Waals surface area contributed by atoms with Crippen LogP contribution in [0.4, 0.5) is 0 Å². The lowest BCUT2D eigenvalue weighted by Crippen LogP contribution is -2.15. The summed E-state index contributed by atoms with van der Waals surface area (Å²) in [5.74, 6) is 0.346. The molecule has 0 aliphatic carbocycles. The van der Waals surface area contributed by atoms with E-state index in [1.54, 1.807) is 0 Å². The quantitative estimate of drug-likeness (QED) is 0.463. The van der Waals surface area contributed by atoms with Gasteiger partial charge in [-0.05, 0) is 24.6 Å².